The number of hydrogen-bond acceptors (Lipinski definition) is 4. The summed E-state index contributed by atoms with van der Waals surface area (Å²) in [6.45, 7) is 0. The normalized spacial score (nSPS) is 13.1. The Morgan fingerprint density at radius 3 is 2.03 bits per heavy atom. The average Bonchev–Trinajstić information content (AvgIpc) is 2.78. The predicted octanol–water partition coefficient (Wildman–Crippen LogP) is 4.57. The molecule has 3 aromatic carbocycles. The van der Waals surface area contributed by atoms with Crippen molar-refractivity contribution in [2.45, 2.75) is 0 Å². The van der Waals surface area contributed by atoms with Crippen LogP contribution in [-0.2, 0) is 0 Å². The first-order valence-corrected chi connectivity index (χ1v) is 9.51. The number of ketones is 2. The first kappa shape index (κ1) is 19.6. The zero-order chi connectivity index (χ0) is 21.3. The molecule has 0 atom stereocenters. The molecule has 1 aliphatic carbocycles. The van der Waals surface area contributed by atoms with Crippen molar-refractivity contribution >= 4 is 34.6 Å². The second kappa shape index (κ2) is 7.97. The van der Waals surface area contributed by atoms with E-state index in [2.05, 4.69) is 5.32 Å². The van der Waals surface area contributed by atoms with E-state index in [9.17, 15) is 14.4 Å². The van der Waals surface area contributed by atoms with Gasteiger partial charge in [0.2, 0.25) is 5.78 Å². The molecule has 5 nitrogen and oxygen atoms in total. The van der Waals surface area contributed by atoms with Gasteiger partial charge in [-0.1, -0.05) is 48.0 Å². The third-order valence-electron chi connectivity index (χ3n) is 4.84. The molecule has 1 amide bonds. The maximum atomic E-state index is 13.3. The van der Waals surface area contributed by atoms with Crippen LogP contribution in [0.4, 0.5) is 0 Å². The minimum atomic E-state index is -0.506. The molecule has 4 rings (SSSR count). The van der Waals surface area contributed by atoms with Crippen LogP contribution in [0.15, 0.2) is 78.5 Å². The summed E-state index contributed by atoms with van der Waals surface area (Å²) in [5.41, 5.74) is 1.48. The molecule has 30 heavy (non-hydrogen) atoms. The highest BCUT2D eigenvalue weighted by molar-refractivity contribution is 6.41. The highest BCUT2D eigenvalue weighted by atomic mass is 35.5. The van der Waals surface area contributed by atoms with Crippen molar-refractivity contribution in [3.8, 4) is 5.75 Å². The van der Waals surface area contributed by atoms with Crippen LogP contribution >= 0.6 is 11.6 Å². The van der Waals surface area contributed by atoms with E-state index in [-0.39, 0.29) is 22.6 Å². The Kier molecular flexibility index (Phi) is 5.21. The van der Waals surface area contributed by atoms with Gasteiger partial charge in [-0.05, 0) is 42.0 Å². The van der Waals surface area contributed by atoms with E-state index in [4.69, 9.17) is 16.3 Å². The molecule has 6 heteroatoms. The van der Waals surface area contributed by atoms with Gasteiger partial charge in [-0.3, -0.25) is 14.4 Å². The molecule has 0 aliphatic heterocycles. The number of Topliss-reactive ketones (excluding diaryl/α,β-unsaturated/α-hetero) is 2. The molecular weight excluding hydrogens is 402 g/mol. The molecule has 1 aliphatic rings. The zero-order valence-corrected chi connectivity index (χ0v) is 16.7. The van der Waals surface area contributed by atoms with E-state index in [1.807, 2.05) is 0 Å². The second-order valence-electron chi connectivity index (χ2n) is 6.64. The Labute approximate surface area is 177 Å². The van der Waals surface area contributed by atoms with Crippen LogP contribution in [0, 0.1) is 0 Å². The summed E-state index contributed by atoms with van der Waals surface area (Å²) < 4.78 is 5.17. The van der Waals surface area contributed by atoms with Gasteiger partial charge in [0.1, 0.15) is 11.4 Å². The zero-order valence-electron chi connectivity index (χ0n) is 15.9. The van der Waals surface area contributed by atoms with Gasteiger partial charge < -0.3 is 10.1 Å². The molecule has 0 heterocycles. The molecular formula is C24H16ClNO4. The maximum absolute atomic E-state index is 13.3. The van der Waals surface area contributed by atoms with Crippen LogP contribution in [0.1, 0.15) is 36.6 Å². The first-order valence-electron chi connectivity index (χ1n) is 9.13. The molecule has 0 bridgehead atoms. The third kappa shape index (κ3) is 3.51. The Balaban J connectivity index is 1.83. The fraction of sp³-hybridized carbons (Fsp3) is 0.0417. The Morgan fingerprint density at radius 1 is 0.833 bits per heavy atom. The van der Waals surface area contributed by atoms with Crippen LogP contribution in [0.5, 0.6) is 5.75 Å². The number of amides is 1. The van der Waals surface area contributed by atoms with Gasteiger partial charge in [-0.25, -0.2) is 0 Å². The number of carbonyl (C=O) groups is 3. The van der Waals surface area contributed by atoms with Crippen LogP contribution in [-0.4, -0.2) is 24.6 Å². The van der Waals surface area contributed by atoms with Gasteiger partial charge in [0.15, 0.2) is 5.78 Å². The molecule has 0 radical (unpaired) electrons. The Morgan fingerprint density at radius 2 is 1.43 bits per heavy atom. The van der Waals surface area contributed by atoms with E-state index < -0.39 is 11.7 Å². The fourth-order valence-electron chi connectivity index (χ4n) is 3.31. The quantitative estimate of drug-likeness (QED) is 0.675. The lowest BCUT2D eigenvalue weighted by molar-refractivity contribution is 0.0927. The van der Waals surface area contributed by atoms with Crippen LogP contribution < -0.4 is 10.1 Å². The minimum Gasteiger partial charge on any atom is -0.497 e. The monoisotopic (exact) mass is 417 g/mol. The highest BCUT2D eigenvalue weighted by Crippen LogP contribution is 2.32. The van der Waals surface area contributed by atoms with Crippen molar-refractivity contribution in [2.24, 2.45) is 0 Å². The topological polar surface area (TPSA) is 72.5 Å². The number of nitrogens with one attached hydrogen (secondary N) is 1. The summed E-state index contributed by atoms with van der Waals surface area (Å²) >= 11 is 5.88. The molecule has 148 valence electrons. The van der Waals surface area contributed by atoms with E-state index >= 15 is 0 Å². The number of halogens is 1. The van der Waals surface area contributed by atoms with Crippen LogP contribution in [0.2, 0.25) is 5.02 Å². The number of carbonyl (C=O) groups excluding carboxylic acids is 3. The lowest BCUT2D eigenvalue weighted by Crippen LogP contribution is -2.33. The van der Waals surface area contributed by atoms with Gasteiger partial charge in [0, 0.05) is 21.7 Å². The molecule has 0 aromatic heterocycles. The minimum absolute atomic E-state index is 0.0520. The van der Waals surface area contributed by atoms with Crippen molar-refractivity contribution in [1.29, 1.82) is 0 Å². The number of benzene rings is 3. The number of hydrogen-bond donors (Lipinski definition) is 1. The standard InChI is InChI=1S/C24H16ClNO4/c1-30-17-12-8-14(9-13-17)20-21(26-24(29)15-6-10-16(25)11-7-15)23(28)19-5-3-2-4-18(19)22(20)27/h2-13H,1H3,(H,26,29). The first-order chi connectivity index (χ1) is 14.5. The van der Waals surface area contributed by atoms with Gasteiger partial charge >= 0.3 is 0 Å². The lowest BCUT2D eigenvalue weighted by Gasteiger charge is -2.22. The number of rotatable bonds is 4. The summed E-state index contributed by atoms with van der Waals surface area (Å²) in [7, 11) is 1.54. The second-order valence-corrected chi connectivity index (χ2v) is 7.08. The summed E-state index contributed by atoms with van der Waals surface area (Å²) in [6.07, 6.45) is 0. The summed E-state index contributed by atoms with van der Waals surface area (Å²) in [4.78, 5) is 39.3. The molecule has 0 fully saturated rings. The van der Waals surface area contributed by atoms with E-state index in [0.29, 0.717) is 27.5 Å². The van der Waals surface area contributed by atoms with E-state index in [1.54, 1.807) is 72.8 Å². The molecule has 0 spiro atoms. The van der Waals surface area contributed by atoms with Crippen LogP contribution in [0.25, 0.3) is 5.57 Å². The van der Waals surface area contributed by atoms with Crippen molar-refractivity contribution in [3.05, 3.63) is 106 Å². The third-order valence-corrected chi connectivity index (χ3v) is 5.10. The van der Waals surface area contributed by atoms with E-state index in [1.165, 1.54) is 7.11 Å². The number of methoxy groups -OCH3 is 1. The maximum Gasteiger partial charge on any atom is 0.255 e. The highest BCUT2D eigenvalue weighted by Gasteiger charge is 2.33. The van der Waals surface area contributed by atoms with Gasteiger partial charge in [0.25, 0.3) is 5.91 Å². The lowest BCUT2D eigenvalue weighted by atomic mass is 9.84. The smallest absolute Gasteiger partial charge is 0.255 e. The summed E-state index contributed by atoms with van der Waals surface area (Å²) in [6, 6.07) is 19.6. The van der Waals surface area contributed by atoms with Gasteiger partial charge in [-0.15, -0.1) is 0 Å². The number of allylic oxidation sites excluding steroid dienone is 2. The van der Waals surface area contributed by atoms with Gasteiger partial charge in [-0.2, -0.15) is 0 Å². The van der Waals surface area contributed by atoms with E-state index in [0.717, 1.165) is 0 Å². The predicted molar refractivity (Wildman–Crippen MR) is 114 cm³/mol. The Hall–Kier alpha value is -3.70. The summed E-state index contributed by atoms with van der Waals surface area (Å²) in [5, 5.41) is 3.14. The largest absolute Gasteiger partial charge is 0.497 e. The molecule has 3 aromatic rings. The Bertz CT molecular complexity index is 1190. The molecule has 1 N–H and O–H groups in total. The van der Waals surface area contributed by atoms with Crippen molar-refractivity contribution in [3.63, 3.8) is 0 Å². The summed E-state index contributed by atoms with van der Waals surface area (Å²) in [5.74, 6) is -0.644. The molecule has 0 unspecified atom stereocenters. The average molecular weight is 418 g/mol. The number of ether oxygens (including phenoxy) is 1. The van der Waals surface area contributed by atoms with Crippen molar-refractivity contribution in [1.82, 2.24) is 5.32 Å². The molecule has 0 saturated heterocycles. The van der Waals surface area contributed by atoms with Crippen LogP contribution in [0.3, 0.4) is 0 Å². The molecule has 0 saturated carbocycles. The fourth-order valence-corrected chi connectivity index (χ4v) is 3.44. The van der Waals surface area contributed by atoms with Crippen molar-refractivity contribution in [2.75, 3.05) is 7.11 Å². The SMILES string of the molecule is COc1ccc(C2=C(NC(=O)c3ccc(Cl)cc3)C(=O)c3ccccc3C2=O)cc1. The van der Waals surface area contributed by atoms with Crippen molar-refractivity contribution < 1.29 is 19.1 Å². The van der Waals surface area contributed by atoms with Gasteiger partial charge in [0.05, 0.1) is 12.7 Å². The number of fused-ring (bicyclic) bond motifs is 1.